The first-order valence-corrected chi connectivity index (χ1v) is 9.18. The first kappa shape index (κ1) is 15.4. The van der Waals surface area contributed by atoms with Crippen molar-refractivity contribution in [1.29, 1.82) is 0 Å². The SMILES string of the molecule is CCn1c(SCc2nc3ccccc3c(=O)n2C)nnc1C1CC1. The lowest BCUT2D eigenvalue weighted by Crippen LogP contribution is -2.22. The summed E-state index contributed by atoms with van der Waals surface area (Å²) in [4.78, 5) is 17.1. The van der Waals surface area contributed by atoms with Crippen LogP contribution >= 0.6 is 11.8 Å². The summed E-state index contributed by atoms with van der Waals surface area (Å²) in [5, 5.41) is 10.3. The van der Waals surface area contributed by atoms with Crippen LogP contribution in [0.15, 0.2) is 34.2 Å². The van der Waals surface area contributed by atoms with E-state index >= 15 is 0 Å². The van der Waals surface area contributed by atoms with Crippen molar-refractivity contribution < 1.29 is 0 Å². The van der Waals surface area contributed by atoms with Crippen molar-refractivity contribution in [1.82, 2.24) is 24.3 Å². The fourth-order valence-corrected chi connectivity index (χ4v) is 3.86. The molecule has 24 heavy (non-hydrogen) atoms. The van der Waals surface area contributed by atoms with Gasteiger partial charge in [0.05, 0.1) is 16.7 Å². The van der Waals surface area contributed by atoms with Gasteiger partial charge >= 0.3 is 0 Å². The van der Waals surface area contributed by atoms with Gasteiger partial charge in [0.15, 0.2) is 5.16 Å². The Bertz CT molecular complexity index is 957. The summed E-state index contributed by atoms with van der Waals surface area (Å²) in [6.45, 7) is 2.98. The second kappa shape index (κ2) is 6.05. The number of hydrogen-bond donors (Lipinski definition) is 0. The second-order valence-corrected chi connectivity index (χ2v) is 7.00. The van der Waals surface area contributed by atoms with Crippen LogP contribution in [0, 0.1) is 0 Å². The van der Waals surface area contributed by atoms with Crippen molar-refractivity contribution in [2.75, 3.05) is 0 Å². The maximum atomic E-state index is 12.5. The molecule has 3 aromatic rings. The highest BCUT2D eigenvalue weighted by Gasteiger charge is 2.30. The molecule has 0 aliphatic heterocycles. The van der Waals surface area contributed by atoms with Crippen LogP contribution in [0.5, 0.6) is 0 Å². The van der Waals surface area contributed by atoms with Crippen LogP contribution in [0.2, 0.25) is 0 Å². The van der Waals surface area contributed by atoms with E-state index in [2.05, 4.69) is 26.7 Å². The van der Waals surface area contributed by atoms with E-state index < -0.39 is 0 Å². The van der Waals surface area contributed by atoms with E-state index in [1.807, 2.05) is 24.3 Å². The molecule has 2 heterocycles. The normalized spacial score (nSPS) is 14.4. The van der Waals surface area contributed by atoms with Gasteiger partial charge in [-0.15, -0.1) is 10.2 Å². The molecule has 1 aliphatic rings. The maximum Gasteiger partial charge on any atom is 0.261 e. The zero-order valence-corrected chi connectivity index (χ0v) is 14.6. The van der Waals surface area contributed by atoms with E-state index in [1.54, 1.807) is 23.4 Å². The van der Waals surface area contributed by atoms with Gasteiger partial charge in [-0.1, -0.05) is 23.9 Å². The molecule has 0 N–H and O–H groups in total. The van der Waals surface area contributed by atoms with Crippen LogP contribution in [0.4, 0.5) is 0 Å². The van der Waals surface area contributed by atoms with Crippen LogP contribution in [0.1, 0.15) is 37.3 Å². The molecule has 0 atom stereocenters. The van der Waals surface area contributed by atoms with Gasteiger partial charge in [-0.25, -0.2) is 4.98 Å². The fourth-order valence-electron chi connectivity index (χ4n) is 2.87. The number of rotatable bonds is 5. The summed E-state index contributed by atoms with van der Waals surface area (Å²) >= 11 is 1.59. The van der Waals surface area contributed by atoms with Crippen molar-refractivity contribution >= 4 is 22.7 Å². The van der Waals surface area contributed by atoms with Gasteiger partial charge in [-0.2, -0.15) is 0 Å². The number of thioether (sulfide) groups is 1. The summed E-state index contributed by atoms with van der Waals surface area (Å²) in [6.07, 6.45) is 2.42. The molecule has 1 aromatic carbocycles. The second-order valence-electron chi connectivity index (χ2n) is 6.06. The Morgan fingerprint density at radius 1 is 1.25 bits per heavy atom. The predicted molar refractivity (Wildman–Crippen MR) is 94.2 cm³/mol. The molecule has 2 aromatic heterocycles. The zero-order valence-electron chi connectivity index (χ0n) is 13.8. The quantitative estimate of drug-likeness (QED) is 0.668. The average Bonchev–Trinajstić information content (AvgIpc) is 3.37. The maximum absolute atomic E-state index is 12.5. The number of hydrogen-bond acceptors (Lipinski definition) is 5. The molecule has 6 nitrogen and oxygen atoms in total. The zero-order chi connectivity index (χ0) is 16.7. The summed E-state index contributed by atoms with van der Waals surface area (Å²) in [6, 6.07) is 7.46. The number of para-hydroxylation sites is 1. The molecular weight excluding hydrogens is 322 g/mol. The molecule has 1 fully saturated rings. The van der Waals surface area contributed by atoms with Gasteiger partial charge in [-0.05, 0) is 31.9 Å². The lowest BCUT2D eigenvalue weighted by atomic mass is 10.2. The van der Waals surface area contributed by atoms with Crippen molar-refractivity contribution in [3.63, 3.8) is 0 Å². The third kappa shape index (κ3) is 2.62. The van der Waals surface area contributed by atoms with Crippen LogP contribution < -0.4 is 5.56 Å². The van der Waals surface area contributed by atoms with Crippen molar-refractivity contribution in [3.8, 4) is 0 Å². The van der Waals surface area contributed by atoms with E-state index in [1.165, 1.54) is 12.8 Å². The minimum absolute atomic E-state index is 0.00757. The molecular formula is C17H19N5OS. The first-order valence-electron chi connectivity index (χ1n) is 8.19. The smallest absolute Gasteiger partial charge is 0.261 e. The molecule has 0 radical (unpaired) electrons. The van der Waals surface area contributed by atoms with E-state index in [0.29, 0.717) is 17.1 Å². The standard InChI is InChI=1S/C17H19N5OS/c1-3-22-15(11-8-9-11)19-20-17(22)24-10-14-18-13-7-5-4-6-12(13)16(23)21(14)2/h4-7,11H,3,8-10H2,1-2H3. The highest BCUT2D eigenvalue weighted by molar-refractivity contribution is 7.98. The van der Waals surface area contributed by atoms with Crippen molar-refractivity contribution in [3.05, 3.63) is 46.3 Å². The largest absolute Gasteiger partial charge is 0.306 e. The summed E-state index contributed by atoms with van der Waals surface area (Å²) in [7, 11) is 1.78. The molecule has 7 heteroatoms. The van der Waals surface area contributed by atoms with Gasteiger partial charge < -0.3 is 4.57 Å². The lowest BCUT2D eigenvalue weighted by Gasteiger charge is -2.09. The van der Waals surface area contributed by atoms with E-state index in [4.69, 9.17) is 0 Å². The molecule has 1 saturated carbocycles. The highest BCUT2D eigenvalue weighted by atomic mass is 32.2. The molecule has 0 unspecified atom stereocenters. The van der Waals surface area contributed by atoms with Gasteiger partial charge in [0.1, 0.15) is 11.6 Å². The van der Waals surface area contributed by atoms with Crippen molar-refractivity contribution in [2.24, 2.45) is 7.05 Å². The Morgan fingerprint density at radius 3 is 2.79 bits per heavy atom. The summed E-state index contributed by atoms with van der Waals surface area (Å²) in [5.74, 6) is 3.02. The number of benzene rings is 1. The van der Waals surface area contributed by atoms with Gasteiger partial charge in [0.25, 0.3) is 5.56 Å². The first-order chi connectivity index (χ1) is 11.7. The van der Waals surface area contributed by atoms with E-state index in [9.17, 15) is 4.79 Å². The van der Waals surface area contributed by atoms with E-state index in [0.717, 1.165) is 28.9 Å². The number of aromatic nitrogens is 5. The predicted octanol–water partition coefficient (Wildman–Crippen LogP) is 2.71. The van der Waals surface area contributed by atoms with Gasteiger partial charge in [-0.3, -0.25) is 9.36 Å². The number of nitrogens with zero attached hydrogens (tertiary/aromatic N) is 5. The summed E-state index contributed by atoms with van der Waals surface area (Å²) in [5.41, 5.74) is 0.735. The Morgan fingerprint density at radius 2 is 2.04 bits per heavy atom. The number of fused-ring (bicyclic) bond motifs is 1. The molecule has 4 rings (SSSR count). The molecule has 124 valence electrons. The highest BCUT2D eigenvalue weighted by Crippen LogP contribution is 2.40. The third-order valence-corrected chi connectivity index (χ3v) is 5.37. The fraction of sp³-hybridized carbons (Fsp3) is 0.412. The molecule has 0 bridgehead atoms. The summed E-state index contributed by atoms with van der Waals surface area (Å²) < 4.78 is 3.81. The van der Waals surface area contributed by atoms with Crippen LogP contribution in [0.25, 0.3) is 10.9 Å². The van der Waals surface area contributed by atoms with E-state index in [-0.39, 0.29) is 5.56 Å². The molecule has 1 aliphatic carbocycles. The minimum Gasteiger partial charge on any atom is -0.306 e. The topological polar surface area (TPSA) is 65.6 Å². The monoisotopic (exact) mass is 341 g/mol. The lowest BCUT2D eigenvalue weighted by molar-refractivity contribution is 0.643. The molecule has 0 spiro atoms. The third-order valence-electron chi connectivity index (χ3n) is 4.41. The van der Waals surface area contributed by atoms with Gasteiger partial charge in [0, 0.05) is 19.5 Å². The van der Waals surface area contributed by atoms with Crippen LogP contribution in [-0.4, -0.2) is 24.3 Å². The molecule has 0 amide bonds. The average molecular weight is 341 g/mol. The van der Waals surface area contributed by atoms with Crippen molar-refractivity contribution in [2.45, 2.75) is 43.1 Å². The van der Waals surface area contributed by atoms with Gasteiger partial charge in [0.2, 0.25) is 0 Å². The minimum atomic E-state index is -0.00757. The van der Waals surface area contributed by atoms with Crippen LogP contribution in [-0.2, 0) is 19.3 Å². The Labute approximate surface area is 143 Å². The Balaban J connectivity index is 1.63. The van der Waals surface area contributed by atoms with Crippen LogP contribution in [0.3, 0.4) is 0 Å². The Kier molecular flexibility index (Phi) is 3.88. The molecule has 0 saturated heterocycles. The Hall–Kier alpha value is -2.15.